The normalized spacial score (nSPS) is 17.2. The lowest BCUT2D eigenvalue weighted by Gasteiger charge is -2.13. The molecule has 1 aromatic carbocycles. The maximum atomic E-state index is 14.1. The van der Waals surface area contributed by atoms with Crippen molar-refractivity contribution in [3.8, 4) is 5.75 Å². The number of rotatable bonds is 4. The fourth-order valence-electron chi connectivity index (χ4n) is 1.78. The Bertz CT molecular complexity index is 404. The lowest BCUT2D eigenvalue weighted by Crippen LogP contribution is -2.25. The van der Waals surface area contributed by atoms with Gasteiger partial charge in [-0.2, -0.15) is 0 Å². The summed E-state index contributed by atoms with van der Waals surface area (Å²) in [6.45, 7) is 0. The molecule has 88 valence electrons. The molecule has 0 aromatic heterocycles. The predicted octanol–water partition coefficient (Wildman–Crippen LogP) is 2.59. The summed E-state index contributed by atoms with van der Waals surface area (Å²) in [5.41, 5.74) is 6.54. The van der Waals surface area contributed by atoms with Crippen molar-refractivity contribution in [2.24, 2.45) is 5.73 Å². The molecule has 1 aliphatic carbocycles. The molecule has 1 aliphatic rings. The maximum Gasteiger partial charge on any atom is 0.143 e. The van der Waals surface area contributed by atoms with E-state index in [2.05, 4.69) is 0 Å². The largest absolute Gasteiger partial charge is 0.495 e. The second kappa shape index (κ2) is 4.26. The van der Waals surface area contributed by atoms with Gasteiger partial charge < -0.3 is 10.5 Å². The van der Waals surface area contributed by atoms with Crippen molar-refractivity contribution in [1.29, 1.82) is 0 Å². The summed E-state index contributed by atoms with van der Waals surface area (Å²) in [5, 5.41) is 0. The first-order chi connectivity index (χ1) is 7.59. The molecule has 0 spiro atoms. The number of hydrogen-bond donors (Lipinski definition) is 1. The molecular weight excluding hydrogens is 225 g/mol. The van der Waals surface area contributed by atoms with E-state index in [9.17, 15) is 4.39 Å². The highest BCUT2D eigenvalue weighted by Gasteiger charge is 2.38. The zero-order valence-electron chi connectivity index (χ0n) is 9.55. The highest BCUT2D eigenvalue weighted by Crippen LogP contribution is 2.39. The van der Waals surface area contributed by atoms with E-state index in [1.165, 1.54) is 11.8 Å². The van der Waals surface area contributed by atoms with Crippen LogP contribution in [0, 0.1) is 5.82 Å². The summed E-state index contributed by atoms with van der Waals surface area (Å²) in [7, 11) is 1.56. The average molecular weight is 241 g/mol. The highest BCUT2D eigenvalue weighted by atomic mass is 32.2. The van der Waals surface area contributed by atoms with Crippen LogP contribution in [-0.4, -0.2) is 18.9 Å². The Balaban J connectivity index is 2.32. The molecule has 0 atom stereocenters. The van der Waals surface area contributed by atoms with E-state index in [1.54, 1.807) is 13.2 Å². The molecular formula is C12H16FNOS. The molecule has 16 heavy (non-hydrogen) atoms. The molecule has 1 saturated carbocycles. The van der Waals surface area contributed by atoms with Crippen molar-refractivity contribution in [3.05, 3.63) is 23.5 Å². The Morgan fingerprint density at radius 2 is 2.19 bits per heavy atom. The minimum absolute atomic E-state index is 0.162. The molecule has 4 heteroatoms. The molecule has 0 unspecified atom stereocenters. The maximum absolute atomic E-state index is 14.1. The minimum Gasteiger partial charge on any atom is -0.495 e. The third-order valence-corrected chi connectivity index (χ3v) is 3.79. The monoisotopic (exact) mass is 241 g/mol. The topological polar surface area (TPSA) is 35.2 Å². The summed E-state index contributed by atoms with van der Waals surface area (Å²) in [6, 6.07) is 3.59. The van der Waals surface area contributed by atoms with E-state index in [0.717, 1.165) is 12.8 Å². The summed E-state index contributed by atoms with van der Waals surface area (Å²) in [6.07, 6.45) is 4.45. The fourth-order valence-corrected chi connectivity index (χ4v) is 2.45. The average Bonchev–Trinajstić information content (AvgIpc) is 2.99. The van der Waals surface area contributed by atoms with Gasteiger partial charge in [-0.3, -0.25) is 0 Å². The zero-order chi connectivity index (χ0) is 11.8. The Morgan fingerprint density at radius 1 is 1.50 bits per heavy atom. The van der Waals surface area contributed by atoms with E-state index in [4.69, 9.17) is 10.5 Å². The first-order valence-corrected chi connectivity index (χ1v) is 6.50. The summed E-state index contributed by atoms with van der Waals surface area (Å²) < 4.78 is 19.2. The van der Waals surface area contributed by atoms with Crippen LogP contribution in [0.5, 0.6) is 5.75 Å². The van der Waals surface area contributed by atoms with Crippen LogP contribution < -0.4 is 10.5 Å². The summed E-state index contributed by atoms with van der Waals surface area (Å²) >= 11 is 1.37. The molecule has 1 fully saturated rings. The van der Waals surface area contributed by atoms with Crippen molar-refractivity contribution in [3.63, 3.8) is 0 Å². The SMILES string of the molecule is COc1ccc(CC2(N)CC2)c(F)c1SC. The van der Waals surface area contributed by atoms with Gasteiger partial charge in [-0.05, 0) is 37.1 Å². The summed E-state index contributed by atoms with van der Waals surface area (Å²) in [4.78, 5) is 0.573. The predicted molar refractivity (Wildman–Crippen MR) is 64.6 cm³/mol. The smallest absolute Gasteiger partial charge is 0.143 e. The van der Waals surface area contributed by atoms with Crippen LogP contribution in [0.15, 0.2) is 17.0 Å². The third-order valence-electron chi connectivity index (χ3n) is 3.00. The van der Waals surface area contributed by atoms with Crippen molar-refractivity contribution < 1.29 is 9.13 Å². The first kappa shape index (κ1) is 11.7. The van der Waals surface area contributed by atoms with E-state index < -0.39 is 0 Å². The number of hydrogen-bond acceptors (Lipinski definition) is 3. The number of methoxy groups -OCH3 is 1. The van der Waals surface area contributed by atoms with Crippen LogP contribution >= 0.6 is 11.8 Å². The Kier molecular flexibility index (Phi) is 3.13. The van der Waals surface area contributed by atoms with Gasteiger partial charge in [-0.15, -0.1) is 11.8 Å². The van der Waals surface area contributed by atoms with Crippen LogP contribution in [0.25, 0.3) is 0 Å². The number of benzene rings is 1. The number of halogens is 1. The van der Waals surface area contributed by atoms with Crippen molar-refractivity contribution >= 4 is 11.8 Å². The van der Waals surface area contributed by atoms with Gasteiger partial charge >= 0.3 is 0 Å². The van der Waals surface area contributed by atoms with Gasteiger partial charge in [0, 0.05) is 5.54 Å². The van der Waals surface area contributed by atoms with Gasteiger partial charge in [-0.25, -0.2) is 4.39 Å². The lowest BCUT2D eigenvalue weighted by molar-refractivity contribution is 0.396. The van der Waals surface area contributed by atoms with Gasteiger partial charge in [0.1, 0.15) is 11.6 Å². The molecule has 1 aromatic rings. The number of thioether (sulfide) groups is 1. The third kappa shape index (κ3) is 2.18. The Hall–Kier alpha value is -0.740. The molecule has 2 rings (SSSR count). The standard InChI is InChI=1S/C12H16FNOS/c1-15-9-4-3-8(7-12(14)5-6-12)10(13)11(9)16-2/h3-4H,5-7,14H2,1-2H3. The molecule has 0 aliphatic heterocycles. The molecule has 2 nitrogen and oxygen atoms in total. The fraction of sp³-hybridized carbons (Fsp3) is 0.500. The van der Waals surface area contributed by atoms with Crippen molar-refractivity contribution in [1.82, 2.24) is 0 Å². The van der Waals surface area contributed by atoms with E-state index in [0.29, 0.717) is 22.6 Å². The van der Waals surface area contributed by atoms with Gasteiger partial charge in [0.15, 0.2) is 0 Å². The van der Waals surface area contributed by atoms with Crippen molar-refractivity contribution in [2.45, 2.75) is 29.7 Å². The quantitative estimate of drug-likeness (QED) is 0.823. The number of nitrogens with two attached hydrogens (primary N) is 1. The van der Waals surface area contributed by atoms with Gasteiger partial charge in [-0.1, -0.05) is 6.07 Å². The number of ether oxygens (including phenoxy) is 1. The minimum atomic E-state index is -0.177. The van der Waals surface area contributed by atoms with Crippen molar-refractivity contribution in [2.75, 3.05) is 13.4 Å². The zero-order valence-corrected chi connectivity index (χ0v) is 10.4. The van der Waals surface area contributed by atoms with Crippen LogP contribution in [-0.2, 0) is 6.42 Å². The summed E-state index contributed by atoms with van der Waals surface area (Å²) in [5.74, 6) is 0.416. The van der Waals surface area contributed by atoms with Crippen LogP contribution in [0.2, 0.25) is 0 Å². The molecule has 0 amide bonds. The van der Waals surface area contributed by atoms with Gasteiger partial charge in [0.2, 0.25) is 0 Å². The Labute approximate surface area is 99.4 Å². The molecule has 0 heterocycles. The molecule has 0 saturated heterocycles. The van der Waals surface area contributed by atoms with Crippen LogP contribution in [0.1, 0.15) is 18.4 Å². The van der Waals surface area contributed by atoms with Crippen LogP contribution in [0.4, 0.5) is 4.39 Å². The second-order valence-electron chi connectivity index (χ2n) is 4.31. The molecule has 2 N–H and O–H groups in total. The molecule has 0 radical (unpaired) electrons. The van der Waals surface area contributed by atoms with Gasteiger partial charge in [0.25, 0.3) is 0 Å². The van der Waals surface area contributed by atoms with Gasteiger partial charge in [0.05, 0.1) is 12.0 Å². The lowest BCUT2D eigenvalue weighted by atomic mass is 10.0. The first-order valence-electron chi connectivity index (χ1n) is 5.28. The van der Waals surface area contributed by atoms with E-state index in [-0.39, 0.29) is 11.4 Å². The van der Waals surface area contributed by atoms with Crippen LogP contribution in [0.3, 0.4) is 0 Å². The molecule has 0 bridgehead atoms. The van der Waals surface area contributed by atoms with E-state index in [1.807, 2.05) is 12.3 Å². The second-order valence-corrected chi connectivity index (χ2v) is 5.13. The Morgan fingerprint density at radius 3 is 2.69 bits per heavy atom. The van der Waals surface area contributed by atoms with E-state index >= 15 is 0 Å². The highest BCUT2D eigenvalue weighted by molar-refractivity contribution is 7.98.